The third kappa shape index (κ3) is 83.8. The van der Waals surface area contributed by atoms with Gasteiger partial charge in [-0.05, 0) is 110 Å². The lowest BCUT2D eigenvalue weighted by atomic mass is 10.1. The van der Waals surface area contributed by atoms with E-state index in [4.69, 9.17) is 19.9 Å². The molecule has 0 rings (SSSR count). The van der Waals surface area contributed by atoms with Crippen LogP contribution in [0.4, 0.5) is 0 Å². The third-order valence-corrected chi connectivity index (χ3v) is 8.50. The molecule has 0 radical (unpaired) electrons. The van der Waals surface area contributed by atoms with Crippen molar-refractivity contribution < 1.29 is 29.0 Å². The summed E-state index contributed by atoms with van der Waals surface area (Å²) in [7, 11) is -0.0329. The predicted molar refractivity (Wildman–Crippen MR) is 241 cm³/mol. The second-order valence-electron chi connectivity index (χ2n) is 14.5. The van der Waals surface area contributed by atoms with Crippen LogP contribution in [0, 0.1) is 5.92 Å². The molecule has 8 heteroatoms. The van der Waals surface area contributed by atoms with Gasteiger partial charge in [0, 0.05) is 19.9 Å². The Morgan fingerprint density at radius 2 is 0.944 bits per heavy atom. The summed E-state index contributed by atoms with van der Waals surface area (Å²) in [6.45, 7) is 18.0. The van der Waals surface area contributed by atoms with E-state index in [0.29, 0.717) is 25.7 Å². The van der Waals surface area contributed by atoms with Crippen molar-refractivity contribution in [2.24, 2.45) is 5.92 Å². The molecule has 0 saturated heterocycles. The molecule has 0 heterocycles. The Balaban J connectivity index is -0.000000201. The second kappa shape index (κ2) is 63.9. The van der Waals surface area contributed by atoms with Gasteiger partial charge in [-0.2, -0.15) is 0 Å². The lowest BCUT2D eigenvalue weighted by Gasteiger charge is -1.99. The topological polar surface area (TPSA) is 104 Å². The van der Waals surface area contributed by atoms with E-state index in [1.54, 1.807) is 6.66 Å². The van der Waals surface area contributed by atoms with Crippen LogP contribution in [0.2, 0.25) is 0 Å². The van der Waals surface area contributed by atoms with Crippen LogP contribution < -0.4 is 0 Å². The maximum atomic E-state index is 9.66. The van der Waals surface area contributed by atoms with Crippen molar-refractivity contribution in [3.63, 3.8) is 0 Å². The van der Waals surface area contributed by atoms with Gasteiger partial charge < -0.3 is 15.3 Å². The maximum Gasteiger partial charge on any atom is 0.327 e. The molecule has 0 aliphatic rings. The summed E-state index contributed by atoms with van der Waals surface area (Å²) >= 11 is 0. The molecule has 0 saturated carbocycles. The molecule has 6 nitrogen and oxygen atoms in total. The van der Waals surface area contributed by atoms with E-state index in [-0.39, 0.29) is 23.8 Å². The van der Waals surface area contributed by atoms with E-state index in [1.807, 2.05) is 6.08 Å². The Morgan fingerprint density at radius 3 is 1.31 bits per heavy atom. The van der Waals surface area contributed by atoms with Crippen molar-refractivity contribution >= 4 is 17.1 Å². The average Bonchev–Trinajstić information content (AvgIpc) is 3.14. The molecule has 0 bridgehead atoms. The summed E-state index contributed by atoms with van der Waals surface area (Å²) < 4.78 is 23.1. The molecule has 0 aliphatic heterocycles. The van der Waals surface area contributed by atoms with Crippen LogP contribution in [0.15, 0.2) is 47.6 Å². The van der Waals surface area contributed by atoms with Crippen molar-refractivity contribution in [3.05, 3.63) is 47.6 Å². The average molecular weight is 803 g/mol. The maximum absolute atomic E-state index is 9.66. The van der Waals surface area contributed by atoms with E-state index in [2.05, 4.69) is 83.4 Å². The highest BCUT2D eigenvalue weighted by molar-refractivity contribution is 7.22. The summed E-state index contributed by atoms with van der Waals surface area (Å²) in [6.07, 6.45) is 44.8. The first kappa shape index (κ1) is 62.2. The minimum Gasteiger partial charge on any atom is -0.396 e. The number of aliphatic hydroxyl groups is 3. The van der Waals surface area contributed by atoms with Gasteiger partial charge in [0.25, 0.3) is 0 Å². The van der Waals surface area contributed by atoms with E-state index < -0.39 is 0 Å². The number of allylic oxidation sites excluding steroid dienone is 7. The van der Waals surface area contributed by atoms with Crippen molar-refractivity contribution in [2.45, 2.75) is 209 Å². The molecule has 0 aromatic heterocycles. The highest BCUT2D eigenvalue weighted by atomic mass is 31.1. The fraction of sp³-hybridized carbons (Fsp3) is 0.826. The van der Waals surface area contributed by atoms with Crippen molar-refractivity contribution in [3.8, 4) is 0 Å². The zero-order valence-electron chi connectivity index (χ0n) is 37.0. The van der Waals surface area contributed by atoms with Gasteiger partial charge in [-0.3, -0.25) is 9.09 Å². The molecular formula is C46H92O6P2. The summed E-state index contributed by atoms with van der Waals surface area (Å²) in [4.78, 5) is 0. The molecular weight excluding hydrogens is 710 g/mol. The number of unbranched alkanes of at least 4 members (excludes halogenated alkanes) is 18. The number of rotatable bonds is 32. The molecule has 3 N–H and O–H groups in total. The number of aliphatic hydroxyl groups excluding tert-OH is 3. The molecule has 0 atom stereocenters. The van der Waals surface area contributed by atoms with E-state index in [0.717, 1.165) is 38.5 Å². The lowest BCUT2D eigenvalue weighted by Crippen LogP contribution is -1.91. The number of hydrogen-bond donors (Lipinski definition) is 3. The quantitative estimate of drug-likeness (QED) is 0.0355. The summed E-state index contributed by atoms with van der Waals surface area (Å²) in [6, 6.07) is 0. The molecule has 0 aliphatic carbocycles. The highest BCUT2D eigenvalue weighted by Gasteiger charge is 1.92. The lowest BCUT2D eigenvalue weighted by molar-refractivity contribution is 0.282. The molecule has 0 aromatic carbocycles. The first-order valence-electron chi connectivity index (χ1n) is 21.8. The van der Waals surface area contributed by atoms with Gasteiger partial charge in [-0.15, -0.1) is 0 Å². The fourth-order valence-electron chi connectivity index (χ4n) is 4.83. The third-order valence-electron chi connectivity index (χ3n) is 8.21. The van der Waals surface area contributed by atoms with E-state index in [9.17, 15) is 4.57 Å². The van der Waals surface area contributed by atoms with Gasteiger partial charge in [0.2, 0.25) is 0 Å². The first-order chi connectivity index (χ1) is 26.2. The Labute approximate surface area is 340 Å². The van der Waals surface area contributed by atoms with Crippen molar-refractivity contribution in [1.29, 1.82) is 0 Å². The van der Waals surface area contributed by atoms with Crippen LogP contribution >= 0.6 is 17.1 Å². The van der Waals surface area contributed by atoms with Crippen LogP contribution in [-0.4, -0.2) is 48.4 Å². The van der Waals surface area contributed by atoms with Crippen LogP contribution in [-0.2, 0) is 13.7 Å². The minimum atomic E-state index is -0.200. The molecule has 0 spiro atoms. The molecule has 0 unspecified atom stereocenters. The van der Waals surface area contributed by atoms with Gasteiger partial charge in [0.15, 0.2) is 8.46 Å². The van der Waals surface area contributed by atoms with Gasteiger partial charge in [-0.25, -0.2) is 4.57 Å². The SMILES string of the molecule is CC(C)=CCC/C(C)=C/CO.CC(C)CCOP=O.CCCCCC=CCCCCCO.CCCCCCCCC=CCCCCCCCCO.CP=O. The van der Waals surface area contributed by atoms with E-state index >= 15 is 0 Å². The molecule has 322 valence electrons. The van der Waals surface area contributed by atoms with Gasteiger partial charge in [0.05, 0.1) is 13.2 Å². The second-order valence-corrected chi connectivity index (χ2v) is 15.3. The zero-order chi connectivity index (χ0) is 41.6. The van der Waals surface area contributed by atoms with Crippen LogP contribution in [0.1, 0.15) is 209 Å². The highest BCUT2D eigenvalue weighted by Crippen LogP contribution is 2.10. The largest absolute Gasteiger partial charge is 0.396 e. The Hall–Kier alpha value is -1.00. The first-order valence-corrected chi connectivity index (χ1v) is 23.7. The van der Waals surface area contributed by atoms with E-state index in [1.165, 1.54) is 133 Å². The van der Waals surface area contributed by atoms with Crippen molar-refractivity contribution in [2.75, 3.05) is 33.1 Å². The summed E-state index contributed by atoms with van der Waals surface area (Å²) in [5, 5.41) is 25.8. The molecule has 0 amide bonds. The molecule has 0 fully saturated rings. The normalized spacial score (nSPS) is 11.1. The van der Waals surface area contributed by atoms with Crippen LogP contribution in [0.3, 0.4) is 0 Å². The Morgan fingerprint density at radius 1 is 0.574 bits per heavy atom. The number of hydrogen-bond acceptors (Lipinski definition) is 6. The van der Waals surface area contributed by atoms with Gasteiger partial charge >= 0.3 is 8.69 Å². The standard InChI is InChI=1S/C18H36O.C12H24O.C10H18O.C5H11O2P.CH3OP/c1-2-3-4-5-6-7-8-9-10-11-12-13-14-15-16-17-18-19;1-2-3-4-5-6-7-8-9-10-11-12-13;1-9(2)5-4-6-10(3)7-8-11;1-5(2)3-4-7-8-6;1-3-2/h9-10,19H,2-8,11-18H2,1H3;6-7,13H,2-5,8-12H2,1H3;5,7,11H,4,6,8H2,1-3H3;5H,3-4H2,1-2H3;1H3/b;;10-7+;;. The predicted octanol–water partition coefficient (Wildman–Crippen LogP) is 15.5. The zero-order valence-corrected chi connectivity index (χ0v) is 38.8. The fourth-order valence-corrected chi connectivity index (χ4v) is 5.01. The van der Waals surface area contributed by atoms with Gasteiger partial charge in [-0.1, -0.05) is 152 Å². The summed E-state index contributed by atoms with van der Waals surface area (Å²) in [5.41, 5.74) is 2.63. The van der Waals surface area contributed by atoms with Crippen LogP contribution in [0.5, 0.6) is 0 Å². The Bertz CT molecular complexity index is 792. The monoisotopic (exact) mass is 803 g/mol. The molecule has 0 aromatic rings. The van der Waals surface area contributed by atoms with Gasteiger partial charge in [0.1, 0.15) is 0 Å². The summed E-state index contributed by atoms with van der Waals surface area (Å²) in [5.74, 6) is 0.636. The molecule has 54 heavy (non-hydrogen) atoms. The minimum absolute atomic E-state index is 0.167. The smallest absolute Gasteiger partial charge is 0.327 e. The van der Waals surface area contributed by atoms with Crippen molar-refractivity contribution in [1.82, 2.24) is 0 Å². The van der Waals surface area contributed by atoms with Crippen LogP contribution in [0.25, 0.3) is 0 Å². The Kier molecular flexibility index (Phi) is 73.6.